The first-order valence-electron chi connectivity index (χ1n) is 7.07. The predicted molar refractivity (Wildman–Crippen MR) is 72.2 cm³/mol. The number of ether oxygens (including phenoxy) is 1. The Bertz CT molecular complexity index is 228. The van der Waals surface area contributed by atoms with Crippen molar-refractivity contribution in [2.24, 2.45) is 5.92 Å². The fourth-order valence-corrected chi connectivity index (χ4v) is 2.19. The highest BCUT2D eigenvalue weighted by molar-refractivity contribution is 4.71. The minimum Gasteiger partial charge on any atom is -0.389 e. The highest BCUT2D eigenvalue weighted by atomic mass is 16.7. The second-order valence-corrected chi connectivity index (χ2v) is 6.44. The average Bonchev–Trinajstić information content (AvgIpc) is 2.25. The van der Waals surface area contributed by atoms with Gasteiger partial charge in [-0.05, 0) is 39.5 Å². The lowest BCUT2D eigenvalue weighted by Crippen LogP contribution is -2.37. The molecule has 1 rings (SSSR count). The second kappa shape index (κ2) is 7.43. The molecule has 0 aromatic carbocycles. The van der Waals surface area contributed by atoms with Crippen LogP contribution < -0.4 is 5.48 Å². The molecule has 2 N–H and O–H groups in total. The van der Waals surface area contributed by atoms with E-state index >= 15 is 0 Å². The van der Waals surface area contributed by atoms with Gasteiger partial charge >= 0.3 is 0 Å². The lowest BCUT2D eigenvalue weighted by Gasteiger charge is -2.28. The van der Waals surface area contributed by atoms with Crippen LogP contribution in [0.4, 0.5) is 0 Å². The molecule has 0 aromatic rings. The van der Waals surface area contributed by atoms with Crippen LogP contribution in [-0.2, 0) is 9.57 Å². The van der Waals surface area contributed by atoms with Crippen LogP contribution in [0.25, 0.3) is 0 Å². The highest BCUT2D eigenvalue weighted by Gasteiger charge is 2.20. The Morgan fingerprint density at radius 3 is 2.67 bits per heavy atom. The molecule has 0 heterocycles. The van der Waals surface area contributed by atoms with Gasteiger partial charge in [-0.25, -0.2) is 0 Å². The summed E-state index contributed by atoms with van der Waals surface area (Å²) in [5.41, 5.74) is 2.55. The van der Waals surface area contributed by atoms with Gasteiger partial charge in [-0.1, -0.05) is 19.8 Å². The van der Waals surface area contributed by atoms with Gasteiger partial charge in [0.05, 0.1) is 24.4 Å². The molecule has 1 saturated carbocycles. The van der Waals surface area contributed by atoms with Crippen LogP contribution >= 0.6 is 0 Å². The number of aliphatic hydroxyl groups is 1. The van der Waals surface area contributed by atoms with Crippen molar-refractivity contribution in [2.75, 3.05) is 13.2 Å². The van der Waals surface area contributed by atoms with Crippen molar-refractivity contribution in [3.05, 3.63) is 0 Å². The van der Waals surface area contributed by atoms with Crippen LogP contribution in [0.2, 0.25) is 0 Å². The van der Waals surface area contributed by atoms with Gasteiger partial charge in [0.2, 0.25) is 0 Å². The average molecular weight is 259 g/mol. The lowest BCUT2D eigenvalue weighted by molar-refractivity contribution is -0.0955. The van der Waals surface area contributed by atoms with Gasteiger partial charge in [-0.3, -0.25) is 4.84 Å². The van der Waals surface area contributed by atoms with E-state index in [1.54, 1.807) is 0 Å². The summed E-state index contributed by atoms with van der Waals surface area (Å²) in [6, 6.07) is 0. The minimum atomic E-state index is -0.510. The van der Waals surface area contributed by atoms with Crippen LogP contribution in [0.3, 0.4) is 0 Å². The lowest BCUT2D eigenvalue weighted by atomic mass is 9.89. The molecular formula is C14H29NO3. The van der Waals surface area contributed by atoms with E-state index in [1.165, 1.54) is 12.8 Å². The van der Waals surface area contributed by atoms with E-state index in [-0.39, 0.29) is 5.60 Å². The molecule has 18 heavy (non-hydrogen) atoms. The molecule has 1 aliphatic rings. The summed E-state index contributed by atoms with van der Waals surface area (Å²) in [6.07, 6.45) is 4.62. The molecule has 3 atom stereocenters. The Morgan fingerprint density at radius 1 is 1.33 bits per heavy atom. The maximum absolute atomic E-state index is 9.78. The van der Waals surface area contributed by atoms with E-state index in [0.29, 0.717) is 19.3 Å². The van der Waals surface area contributed by atoms with E-state index in [2.05, 4.69) is 12.4 Å². The Hall–Kier alpha value is -0.160. The van der Waals surface area contributed by atoms with Crippen LogP contribution in [-0.4, -0.2) is 36.1 Å². The van der Waals surface area contributed by atoms with Gasteiger partial charge in [0.1, 0.15) is 0 Å². The third kappa shape index (κ3) is 7.31. The first kappa shape index (κ1) is 15.9. The number of rotatable bonds is 6. The zero-order valence-corrected chi connectivity index (χ0v) is 12.2. The molecular weight excluding hydrogens is 230 g/mol. The van der Waals surface area contributed by atoms with Crippen molar-refractivity contribution in [3.8, 4) is 0 Å². The number of hydrogen-bond acceptors (Lipinski definition) is 4. The summed E-state index contributed by atoms with van der Waals surface area (Å²) in [7, 11) is 0. The van der Waals surface area contributed by atoms with Crippen molar-refractivity contribution < 1.29 is 14.7 Å². The minimum absolute atomic E-state index is 0.237. The normalized spacial score (nSPS) is 27.2. The van der Waals surface area contributed by atoms with Gasteiger partial charge in [0.15, 0.2) is 0 Å². The van der Waals surface area contributed by atoms with Crippen LogP contribution in [0.5, 0.6) is 0 Å². The summed E-state index contributed by atoms with van der Waals surface area (Å²) in [5.74, 6) is 0.753. The van der Waals surface area contributed by atoms with Crippen molar-refractivity contribution in [1.29, 1.82) is 0 Å². The zero-order chi connectivity index (χ0) is 13.6. The van der Waals surface area contributed by atoms with Gasteiger partial charge in [-0.15, -0.1) is 0 Å². The van der Waals surface area contributed by atoms with Gasteiger partial charge in [0.25, 0.3) is 0 Å². The molecule has 0 amide bonds. The van der Waals surface area contributed by atoms with Crippen LogP contribution in [0, 0.1) is 5.92 Å². The smallest absolute Gasteiger partial charge is 0.0921 e. The van der Waals surface area contributed by atoms with E-state index < -0.39 is 6.10 Å². The predicted octanol–water partition coefficient (Wildman–Crippen LogP) is 2.26. The maximum Gasteiger partial charge on any atom is 0.0921 e. The van der Waals surface area contributed by atoms with E-state index in [0.717, 1.165) is 18.8 Å². The molecule has 0 aromatic heterocycles. The summed E-state index contributed by atoms with van der Waals surface area (Å²) < 4.78 is 5.75. The molecule has 4 heteroatoms. The van der Waals surface area contributed by atoms with Crippen molar-refractivity contribution >= 4 is 0 Å². The Balaban J connectivity index is 2.07. The Morgan fingerprint density at radius 2 is 2.06 bits per heavy atom. The molecule has 108 valence electrons. The quantitative estimate of drug-likeness (QED) is 0.718. The number of nitrogens with one attached hydrogen (secondary N) is 1. The van der Waals surface area contributed by atoms with Crippen LogP contribution in [0.15, 0.2) is 0 Å². The summed E-state index contributed by atoms with van der Waals surface area (Å²) in [5, 5.41) is 9.78. The first-order valence-corrected chi connectivity index (χ1v) is 7.07. The van der Waals surface area contributed by atoms with E-state index in [4.69, 9.17) is 9.57 Å². The number of aliphatic hydroxyl groups excluding tert-OH is 1. The Kier molecular flexibility index (Phi) is 6.57. The van der Waals surface area contributed by atoms with Crippen LogP contribution in [0.1, 0.15) is 53.4 Å². The standard InChI is InChI=1S/C14H29NO3/c1-11-6-5-7-13(8-11)17-10-12(16)9-15-18-14(2,3)4/h11-13,15-16H,5-10H2,1-4H3. The van der Waals surface area contributed by atoms with Crippen molar-refractivity contribution in [2.45, 2.75) is 71.2 Å². The Labute approximate surface area is 111 Å². The summed E-state index contributed by atoms with van der Waals surface area (Å²) in [6.45, 7) is 8.95. The van der Waals surface area contributed by atoms with Gasteiger partial charge in [0, 0.05) is 6.54 Å². The fraction of sp³-hybridized carbons (Fsp3) is 1.00. The highest BCUT2D eigenvalue weighted by Crippen LogP contribution is 2.25. The zero-order valence-electron chi connectivity index (χ0n) is 12.2. The van der Waals surface area contributed by atoms with E-state index in [9.17, 15) is 5.11 Å². The molecule has 0 spiro atoms. The topological polar surface area (TPSA) is 50.7 Å². The molecule has 0 saturated heterocycles. The maximum atomic E-state index is 9.78. The van der Waals surface area contributed by atoms with Crippen molar-refractivity contribution in [3.63, 3.8) is 0 Å². The van der Waals surface area contributed by atoms with Gasteiger partial charge < -0.3 is 9.84 Å². The summed E-state index contributed by atoms with van der Waals surface area (Å²) in [4.78, 5) is 5.34. The van der Waals surface area contributed by atoms with E-state index in [1.807, 2.05) is 20.8 Å². The largest absolute Gasteiger partial charge is 0.389 e. The van der Waals surface area contributed by atoms with Crippen molar-refractivity contribution in [1.82, 2.24) is 5.48 Å². The van der Waals surface area contributed by atoms with Gasteiger partial charge in [-0.2, -0.15) is 5.48 Å². The first-order chi connectivity index (χ1) is 8.37. The third-order valence-corrected chi connectivity index (χ3v) is 3.11. The number of hydroxylamine groups is 1. The second-order valence-electron chi connectivity index (χ2n) is 6.44. The summed E-state index contributed by atoms with van der Waals surface area (Å²) >= 11 is 0. The molecule has 1 fully saturated rings. The molecule has 0 bridgehead atoms. The molecule has 0 aliphatic heterocycles. The molecule has 0 radical (unpaired) electrons. The SMILES string of the molecule is CC1CCCC(OCC(O)CNOC(C)(C)C)C1. The number of hydrogen-bond donors (Lipinski definition) is 2. The molecule has 1 aliphatic carbocycles. The molecule has 3 unspecified atom stereocenters. The monoisotopic (exact) mass is 259 g/mol. The fourth-order valence-electron chi connectivity index (χ4n) is 2.19. The molecule has 4 nitrogen and oxygen atoms in total. The third-order valence-electron chi connectivity index (χ3n) is 3.11.